The molecule has 0 saturated carbocycles. The third kappa shape index (κ3) is 7.85. The molecule has 3 fully saturated rings. The van der Waals surface area contributed by atoms with Gasteiger partial charge in [-0.2, -0.15) is 0 Å². The van der Waals surface area contributed by atoms with Gasteiger partial charge in [-0.25, -0.2) is 4.79 Å². The van der Waals surface area contributed by atoms with Crippen LogP contribution in [0.2, 0.25) is 0 Å². The first-order valence-electron chi connectivity index (χ1n) is 15.6. The zero-order valence-corrected chi connectivity index (χ0v) is 28.0. The zero-order valence-electron chi connectivity index (χ0n) is 27.2. The predicted molar refractivity (Wildman–Crippen MR) is 164 cm³/mol. The molecule has 3 atom stereocenters. The van der Waals surface area contributed by atoms with Crippen LogP contribution in [0.3, 0.4) is 0 Å². The fraction of sp³-hybridized carbons (Fsp3) is 0.455. The van der Waals surface area contributed by atoms with Gasteiger partial charge < -0.3 is 43.4 Å². The molecule has 3 aliphatic rings. The molecule has 1 spiro atoms. The predicted octanol–water partition coefficient (Wildman–Crippen LogP) is 1.94. The normalized spacial score (nSPS) is 24.8. The van der Waals surface area contributed by atoms with Crippen LogP contribution in [0, 0.1) is 0 Å². The minimum absolute atomic E-state index is 0.0113. The highest BCUT2D eigenvalue weighted by molar-refractivity contribution is 6.18. The summed E-state index contributed by atoms with van der Waals surface area (Å²) in [4.78, 5) is 86.4. The number of benzene rings is 2. The minimum atomic E-state index is -4.04. The van der Waals surface area contributed by atoms with E-state index in [4.69, 9.17) is 49.6 Å². The number of aliphatic hydroxyl groups excluding tert-OH is 1. The van der Waals surface area contributed by atoms with Gasteiger partial charge in [-0.3, -0.25) is 28.9 Å². The minimum Gasteiger partial charge on any atom is -0.491 e. The van der Waals surface area contributed by atoms with Crippen LogP contribution >= 0.6 is 11.6 Å². The molecule has 3 saturated heterocycles. The highest BCUT2D eigenvalue weighted by atomic mass is 35.5. The van der Waals surface area contributed by atoms with Crippen molar-refractivity contribution in [3.8, 4) is 11.5 Å². The Labute approximate surface area is 294 Å². The number of halogens is 1. The first-order valence-corrected chi connectivity index (χ1v) is 16.1. The van der Waals surface area contributed by atoms with Crippen molar-refractivity contribution in [1.29, 1.82) is 0 Å². The van der Waals surface area contributed by atoms with E-state index in [2.05, 4.69) is 4.89 Å². The lowest BCUT2D eigenvalue weighted by Gasteiger charge is -2.47. The molecule has 1 unspecified atom stereocenters. The van der Waals surface area contributed by atoms with Gasteiger partial charge in [-0.05, 0) is 35.4 Å². The molecule has 2 aromatic rings. The van der Waals surface area contributed by atoms with E-state index in [0.717, 1.165) is 5.56 Å². The van der Waals surface area contributed by atoms with Gasteiger partial charge in [0, 0.05) is 5.41 Å². The Bertz CT molecular complexity index is 1650. The molecule has 2 N–H and O–H groups in total. The lowest BCUT2D eigenvalue weighted by molar-refractivity contribution is -0.581. The van der Waals surface area contributed by atoms with E-state index in [1.807, 2.05) is 26.0 Å². The Morgan fingerprint density at radius 3 is 1.61 bits per heavy atom. The number of aliphatic hydroxyl groups is 2. The van der Waals surface area contributed by atoms with E-state index >= 15 is 0 Å². The monoisotopic (exact) mass is 736 g/mol. The van der Waals surface area contributed by atoms with E-state index in [0.29, 0.717) is 11.3 Å². The third-order valence-corrected chi connectivity index (χ3v) is 8.31. The van der Waals surface area contributed by atoms with Gasteiger partial charge >= 0.3 is 53.5 Å². The number of carbonyl (C=O) groups excluding carboxylic acids is 6. The van der Waals surface area contributed by atoms with Crippen LogP contribution < -0.4 is 9.47 Å². The fourth-order valence-electron chi connectivity index (χ4n) is 5.07. The average molecular weight is 737 g/mol. The third-order valence-electron chi connectivity index (χ3n) is 7.95. The van der Waals surface area contributed by atoms with E-state index < -0.39 is 104 Å². The van der Waals surface area contributed by atoms with Crippen LogP contribution in [0.15, 0.2) is 48.5 Å². The summed E-state index contributed by atoms with van der Waals surface area (Å²) in [6.45, 7) is 3.82. The Kier molecular flexibility index (Phi) is 10.8. The zero-order chi connectivity index (χ0) is 37.0. The van der Waals surface area contributed by atoms with Crippen molar-refractivity contribution in [3.05, 3.63) is 59.7 Å². The van der Waals surface area contributed by atoms with Crippen LogP contribution in [-0.4, -0.2) is 82.4 Å². The number of ether oxygens (including phenoxy) is 7. The molecule has 17 nitrogen and oxygen atoms in total. The quantitative estimate of drug-likeness (QED) is 0.171. The maximum Gasteiger partial charge on any atom is 0.504 e. The molecule has 0 amide bonds. The number of carbonyl (C=O) groups is 6. The summed E-state index contributed by atoms with van der Waals surface area (Å²) >= 11 is 5.62. The average Bonchev–Trinajstić information content (AvgIpc) is 3.25. The fourth-order valence-corrected chi connectivity index (χ4v) is 5.16. The number of esters is 5. The summed E-state index contributed by atoms with van der Waals surface area (Å²) in [5, 5.41) is 21.9. The van der Waals surface area contributed by atoms with Gasteiger partial charge in [0.05, 0.1) is 44.4 Å². The van der Waals surface area contributed by atoms with Crippen molar-refractivity contribution in [1.82, 2.24) is 0 Å². The van der Waals surface area contributed by atoms with E-state index in [1.54, 1.807) is 24.3 Å². The van der Waals surface area contributed by atoms with Gasteiger partial charge in [-0.1, -0.05) is 43.0 Å². The second-order valence-electron chi connectivity index (χ2n) is 12.1. The number of rotatable bonds is 8. The molecule has 0 aliphatic carbocycles. The topological polar surface area (TPSA) is 226 Å². The van der Waals surface area contributed by atoms with Crippen molar-refractivity contribution >= 4 is 47.4 Å². The van der Waals surface area contributed by atoms with Gasteiger partial charge in [0.2, 0.25) is 0 Å². The molecule has 0 aromatic heterocycles. The first-order chi connectivity index (χ1) is 24.1. The van der Waals surface area contributed by atoms with E-state index in [1.165, 1.54) is 12.1 Å². The van der Waals surface area contributed by atoms with Crippen LogP contribution in [0.4, 0.5) is 0 Å². The van der Waals surface area contributed by atoms with Gasteiger partial charge in [-0.15, -0.1) is 11.6 Å². The van der Waals surface area contributed by atoms with Crippen LogP contribution in [0.5, 0.6) is 11.5 Å². The van der Waals surface area contributed by atoms with Crippen molar-refractivity contribution < 1.29 is 81.9 Å². The standard InChI is InChI=1S/C33H33ClO17/c1-30(2,19-3-7-22(8-4-19)43-18-21(35)17-34)20-5-9-23(10-6-20)44-32-31(42,45-24(36)11-12-25(37)46-32)33(48-27(39)13-14-28(40)49-33)51-50-29(41)16-15-26(38)47-32/h3-10,21,35,42H,11-18H2,1-2H3/t21-,31+,32?/m1/s1. The Balaban J connectivity index is 1.56. The van der Waals surface area contributed by atoms with Gasteiger partial charge in [0.1, 0.15) is 24.2 Å². The molecule has 274 valence electrons. The second kappa shape index (κ2) is 14.7. The number of hydrogen-bond donors (Lipinski definition) is 2. The summed E-state index contributed by atoms with van der Waals surface area (Å²) in [6.07, 6.45) is -5.06. The van der Waals surface area contributed by atoms with E-state index in [-0.39, 0.29) is 18.2 Å². The molecule has 0 radical (unpaired) electrons. The Morgan fingerprint density at radius 1 is 0.686 bits per heavy atom. The van der Waals surface area contributed by atoms with Crippen LogP contribution in [-0.2, 0) is 67.6 Å². The maximum absolute atomic E-state index is 13.1. The molecule has 3 aliphatic heterocycles. The lowest BCUT2D eigenvalue weighted by Crippen LogP contribution is -2.77. The highest BCUT2D eigenvalue weighted by Crippen LogP contribution is 2.47. The van der Waals surface area contributed by atoms with E-state index in [9.17, 15) is 39.0 Å². The largest absolute Gasteiger partial charge is 0.504 e. The second-order valence-corrected chi connectivity index (χ2v) is 12.4. The van der Waals surface area contributed by atoms with Crippen molar-refractivity contribution in [2.24, 2.45) is 0 Å². The summed E-state index contributed by atoms with van der Waals surface area (Å²) in [6, 6.07) is 12.8. The molecule has 3 heterocycles. The maximum atomic E-state index is 13.1. The summed E-state index contributed by atoms with van der Waals surface area (Å²) in [5.74, 6) is -19.3. The van der Waals surface area contributed by atoms with Crippen molar-refractivity contribution in [2.75, 3.05) is 12.5 Å². The number of alkyl halides is 1. The summed E-state index contributed by atoms with van der Waals surface area (Å²) < 4.78 is 37.5. The molecule has 5 rings (SSSR count). The van der Waals surface area contributed by atoms with Crippen LogP contribution in [0.25, 0.3) is 0 Å². The van der Waals surface area contributed by atoms with Crippen molar-refractivity contribution in [3.63, 3.8) is 0 Å². The molecule has 18 heteroatoms. The molecule has 51 heavy (non-hydrogen) atoms. The molecular formula is C33H33ClO17. The highest BCUT2D eigenvalue weighted by Gasteiger charge is 2.83. The van der Waals surface area contributed by atoms with Crippen molar-refractivity contribution in [2.45, 2.75) is 81.6 Å². The van der Waals surface area contributed by atoms with Gasteiger partial charge in [0.25, 0.3) is 0 Å². The number of fused-ring (bicyclic) bond motifs is 2. The summed E-state index contributed by atoms with van der Waals surface area (Å²) in [5.41, 5.74) is 0.861. The number of hydrogen-bond acceptors (Lipinski definition) is 17. The molecular weight excluding hydrogens is 704 g/mol. The Hall–Kier alpha value is -4.97. The molecule has 0 bridgehead atoms. The molecule has 2 aromatic carbocycles. The van der Waals surface area contributed by atoms with Crippen LogP contribution in [0.1, 0.15) is 63.5 Å². The first kappa shape index (κ1) is 37.3. The smallest absolute Gasteiger partial charge is 0.491 e. The SMILES string of the molecule is CC(C)(c1ccc(OC[C@H](O)CCl)cc1)c1ccc(OC23OC(=O)CCC(=O)OOC4(OC(=O)CCC(=O)O4)[C@@]2(O)OC(=O)CCC(=O)O3)cc1. The van der Waals surface area contributed by atoms with Gasteiger partial charge in [0.15, 0.2) is 0 Å². The Morgan fingerprint density at radius 2 is 1.12 bits per heavy atom. The summed E-state index contributed by atoms with van der Waals surface area (Å²) in [7, 11) is 0. The lowest BCUT2D eigenvalue weighted by atomic mass is 9.78.